The van der Waals surface area contributed by atoms with E-state index in [1.807, 2.05) is 36.1 Å². The van der Waals surface area contributed by atoms with Crippen molar-refractivity contribution in [2.24, 2.45) is 0 Å². The van der Waals surface area contributed by atoms with Crippen molar-refractivity contribution in [1.82, 2.24) is 24.6 Å². The van der Waals surface area contributed by atoms with E-state index in [0.717, 1.165) is 23.4 Å². The Morgan fingerprint density at radius 2 is 1.97 bits per heavy atom. The summed E-state index contributed by atoms with van der Waals surface area (Å²) in [5.41, 5.74) is 1.16. The van der Waals surface area contributed by atoms with Gasteiger partial charge in [0.05, 0.1) is 5.56 Å². The number of amides is 1. The van der Waals surface area contributed by atoms with Crippen LogP contribution in [0.2, 0.25) is 0 Å². The SMILES string of the molecule is Cc1cccc(-c2n[nH]c(=S)n2CC(=O)N2CCCN(c3ccc(C(F)(F)F)cn3)CC2)c1. The molecule has 1 amide bonds. The maximum Gasteiger partial charge on any atom is 0.417 e. The van der Waals surface area contributed by atoms with Crippen molar-refractivity contribution in [3.63, 3.8) is 0 Å². The van der Waals surface area contributed by atoms with Crippen molar-refractivity contribution in [2.75, 3.05) is 31.1 Å². The van der Waals surface area contributed by atoms with Gasteiger partial charge in [-0.05, 0) is 43.8 Å². The predicted octanol–water partition coefficient (Wildman–Crippen LogP) is 4.07. The fourth-order valence-corrected chi connectivity index (χ4v) is 4.04. The number of rotatable bonds is 4. The summed E-state index contributed by atoms with van der Waals surface area (Å²) in [6, 6.07) is 10.2. The van der Waals surface area contributed by atoms with Crippen molar-refractivity contribution in [2.45, 2.75) is 26.1 Å². The second kappa shape index (κ2) is 9.34. The molecule has 0 radical (unpaired) electrons. The minimum absolute atomic E-state index is 0.0527. The van der Waals surface area contributed by atoms with Gasteiger partial charge >= 0.3 is 6.18 Å². The number of benzene rings is 1. The number of hydrogen-bond donors (Lipinski definition) is 1. The van der Waals surface area contributed by atoms with Crippen LogP contribution < -0.4 is 4.90 Å². The molecule has 3 heterocycles. The first-order valence-electron chi connectivity index (χ1n) is 10.5. The van der Waals surface area contributed by atoms with Crippen LogP contribution in [-0.4, -0.2) is 56.7 Å². The quantitative estimate of drug-likeness (QED) is 0.575. The number of pyridine rings is 1. The fraction of sp³-hybridized carbons (Fsp3) is 0.364. The Kier molecular flexibility index (Phi) is 6.50. The van der Waals surface area contributed by atoms with Crippen LogP contribution in [0.15, 0.2) is 42.6 Å². The first-order chi connectivity index (χ1) is 15.7. The lowest BCUT2D eigenvalue weighted by Gasteiger charge is -2.23. The number of carbonyl (C=O) groups is 1. The summed E-state index contributed by atoms with van der Waals surface area (Å²) in [6.07, 6.45) is -2.90. The topological polar surface area (TPSA) is 70.1 Å². The number of alkyl halides is 3. The minimum atomic E-state index is -4.42. The fourth-order valence-electron chi connectivity index (χ4n) is 3.84. The van der Waals surface area contributed by atoms with Gasteiger partial charge in [-0.2, -0.15) is 18.3 Å². The van der Waals surface area contributed by atoms with Gasteiger partial charge in [0.15, 0.2) is 10.6 Å². The number of aromatic nitrogens is 4. The molecule has 174 valence electrons. The van der Waals surface area contributed by atoms with E-state index in [1.165, 1.54) is 6.07 Å². The smallest absolute Gasteiger partial charge is 0.355 e. The molecule has 1 aromatic carbocycles. The lowest BCUT2D eigenvalue weighted by atomic mass is 10.1. The molecule has 0 bridgehead atoms. The average Bonchev–Trinajstić information content (AvgIpc) is 2.98. The predicted molar refractivity (Wildman–Crippen MR) is 120 cm³/mol. The van der Waals surface area contributed by atoms with E-state index in [9.17, 15) is 18.0 Å². The van der Waals surface area contributed by atoms with Crippen molar-refractivity contribution in [3.05, 3.63) is 58.5 Å². The van der Waals surface area contributed by atoms with E-state index in [4.69, 9.17) is 12.2 Å². The Morgan fingerprint density at radius 1 is 1.15 bits per heavy atom. The van der Waals surface area contributed by atoms with Crippen LogP contribution in [0.3, 0.4) is 0 Å². The van der Waals surface area contributed by atoms with E-state index < -0.39 is 11.7 Å². The molecule has 1 aliphatic heterocycles. The number of nitrogens with one attached hydrogen (secondary N) is 1. The maximum absolute atomic E-state index is 13.1. The Hall–Kier alpha value is -3.21. The highest BCUT2D eigenvalue weighted by Gasteiger charge is 2.31. The van der Waals surface area contributed by atoms with Crippen LogP contribution in [-0.2, 0) is 17.5 Å². The molecular weight excluding hydrogens is 453 g/mol. The largest absolute Gasteiger partial charge is 0.417 e. The first kappa shape index (κ1) is 23.0. The third-order valence-corrected chi connectivity index (χ3v) is 5.89. The summed E-state index contributed by atoms with van der Waals surface area (Å²) >= 11 is 5.35. The summed E-state index contributed by atoms with van der Waals surface area (Å²) in [4.78, 5) is 20.7. The molecule has 0 saturated carbocycles. The van der Waals surface area contributed by atoms with Crippen LogP contribution >= 0.6 is 12.2 Å². The normalized spacial score (nSPS) is 14.9. The highest BCUT2D eigenvalue weighted by molar-refractivity contribution is 7.71. The van der Waals surface area contributed by atoms with Gasteiger partial charge in [0.2, 0.25) is 5.91 Å². The molecular formula is C22H23F3N6OS. The molecule has 1 fully saturated rings. The Labute approximate surface area is 193 Å². The number of halogens is 3. The van der Waals surface area contributed by atoms with Crippen LogP contribution in [0, 0.1) is 11.7 Å². The van der Waals surface area contributed by atoms with Gasteiger partial charge in [-0.3, -0.25) is 14.5 Å². The number of anilines is 1. The zero-order chi connectivity index (χ0) is 23.6. The molecule has 3 aromatic rings. The number of carbonyl (C=O) groups excluding carboxylic acids is 1. The third-order valence-electron chi connectivity index (χ3n) is 5.58. The molecule has 2 aromatic heterocycles. The van der Waals surface area contributed by atoms with Crippen LogP contribution in [0.5, 0.6) is 0 Å². The molecule has 11 heteroatoms. The van der Waals surface area contributed by atoms with E-state index in [1.54, 1.807) is 9.47 Å². The summed E-state index contributed by atoms with van der Waals surface area (Å²) in [5, 5.41) is 7.07. The number of aromatic amines is 1. The zero-order valence-corrected chi connectivity index (χ0v) is 18.8. The van der Waals surface area contributed by atoms with Gasteiger partial charge in [0.25, 0.3) is 0 Å². The summed E-state index contributed by atoms with van der Waals surface area (Å²) < 4.78 is 40.4. The Morgan fingerprint density at radius 3 is 2.67 bits per heavy atom. The van der Waals surface area contributed by atoms with Crippen molar-refractivity contribution in [1.29, 1.82) is 0 Å². The highest BCUT2D eigenvalue weighted by atomic mass is 32.1. The van der Waals surface area contributed by atoms with Crippen molar-refractivity contribution < 1.29 is 18.0 Å². The third kappa shape index (κ3) is 5.24. The highest BCUT2D eigenvalue weighted by Crippen LogP contribution is 2.29. The molecule has 7 nitrogen and oxygen atoms in total. The van der Waals surface area contributed by atoms with E-state index >= 15 is 0 Å². The van der Waals surface area contributed by atoms with Gasteiger partial charge in [-0.15, -0.1) is 0 Å². The van der Waals surface area contributed by atoms with E-state index in [2.05, 4.69) is 15.2 Å². The van der Waals surface area contributed by atoms with Crippen molar-refractivity contribution in [3.8, 4) is 11.4 Å². The standard InChI is InChI=1S/C22H23F3N6OS/c1-15-4-2-5-16(12-15)20-27-28-21(33)31(20)14-19(32)30-9-3-8-29(10-11-30)18-7-6-17(13-26-18)22(23,24)25/h2,4-7,12-13H,3,8-11,14H2,1H3,(H,28,33). The molecule has 33 heavy (non-hydrogen) atoms. The van der Waals surface area contributed by atoms with Gasteiger partial charge in [-0.1, -0.05) is 23.8 Å². The maximum atomic E-state index is 13.1. The Bertz CT molecular complexity index is 1190. The first-order valence-corrected chi connectivity index (χ1v) is 10.9. The average molecular weight is 477 g/mol. The van der Waals surface area contributed by atoms with Crippen LogP contribution in [0.1, 0.15) is 17.5 Å². The summed E-state index contributed by atoms with van der Waals surface area (Å²) in [7, 11) is 0. The molecule has 1 aliphatic rings. The van der Waals surface area contributed by atoms with Crippen LogP contribution in [0.25, 0.3) is 11.4 Å². The second-order valence-corrected chi connectivity index (χ2v) is 8.32. The van der Waals surface area contributed by atoms with Gasteiger partial charge < -0.3 is 9.80 Å². The number of H-pyrrole nitrogens is 1. The summed E-state index contributed by atoms with van der Waals surface area (Å²) in [5.74, 6) is 0.974. The Balaban J connectivity index is 1.44. The molecule has 1 saturated heterocycles. The lowest BCUT2D eigenvalue weighted by molar-refractivity contribution is -0.137. The molecule has 0 atom stereocenters. The number of aryl methyl sites for hydroxylation is 1. The van der Waals surface area contributed by atoms with E-state index in [-0.39, 0.29) is 12.5 Å². The lowest BCUT2D eigenvalue weighted by Crippen LogP contribution is -2.37. The van der Waals surface area contributed by atoms with Gasteiger partial charge in [0, 0.05) is 37.9 Å². The number of nitrogens with zero attached hydrogens (tertiary/aromatic N) is 5. The molecule has 4 rings (SSSR count). The molecule has 0 aliphatic carbocycles. The van der Waals surface area contributed by atoms with Gasteiger partial charge in [0.1, 0.15) is 12.4 Å². The summed E-state index contributed by atoms with van der Waals surface area (Å²) in [6.45, 7) is 4.09. The van der Waals surface area contributed by atoms with Crippen LogP contribution in [0.4, 0.5) is 19.0 Å². The zero-order valence-electron chi connectivity index (χ0n) is 18.0. The second-order valence-electron chi connectivity index (χ2n) is 7.93. The monoisotopic (exact) mass is 476 g/mol. The van der Waals surface area contributed by atoms with E-state index in [0.29, 0.717) is 49.0 Å². The molecule has 1 N–H and O–H groups in total. The van der Waals surface area contributed by atoms with Gasteiger partial charge in [-0.25, -0.2) is 4.98 Å². The molecule has 0 spiro atoms. The minimum Gasteiger partial charge on any atom is -0.355 e. The van der Waals surface area contributed by atoms with Crippen molar-refractivity contribution >= 4 is 23.9 Å². The molecule has 0 unspecified atom stereocenters. The number of hydrogen-bond acceptors (Lipinski definition) is 5.